The molecular weight excluding hydrogens is 420 g/mol. The second-order valence-corrected chi connectivity index (χ2v) is 5.91. The van der Waals surface area contributed by atoms with Crippen molar-refractivity contribution in [1.82, 2.24) is 4.98 Å². The number of nitrogens with zero attached hydrogens (tertiary/aromatic N) is 1. The van der Waals surface area contributed by atoms with Crippen LogP contribution in [0.3, 0.4) is 0 Å². The lowest BCUT2D eigenvalue weighted by Gasteiger charge is -1.99. The van der Waals surface area contributed by atoms with E-state index in [1.165, 1.54) is 0 Å². The Labute approximate surface area is 170 Å². The highest BCUT2D eigenvalue weighted by Crippen LogP contribution is 2.09. The number of ketones is 1. The number of esters is 1. The minimum Gasteiger partial charge on any atom is -1.00 e. The standard InChI is InChI=1S/C11H9ClN2O.C8H16O2.BrH/c12-10-3-1-9(2-4-10)11(15)7-14-6-5-13-8-14;1-3-5-6-7-8(9)10-4-2;/h1-6,8H,7H2;3-7H2,1-2H3;1H. The molecule has 144 valence electrons. The summed E-state index contributed by atoms with van der Waals surface area (Å²) in [7, 11) is 0. The zero-order valence-corrected chi connectivity index (χ0v) is 17.6. The lowest BCUT2D eigenvalue weighted by molar-refractivity contribution is -0.681. The summed E-state index contributed by atoms with van der Waals surface area (Å²) in [5, 5.41) is 0.640. The van der Waals surface area contributed by atoms with Crippen LogP contribution < -0.4 is 21.5 Å². The molecular formula is C19H26BrClN2O3. The van der Waals surface area contributed by atoms with Gasteiger partial charge in [-0.15, -0.1) is 0 Å². The smallest absolute Gasteiger partial charge is 0.305 e. The minimum atomic E-state index is -0.0593. The fraction of sp³-hybridized carbons (Fsp3) is 0.421. The van der Waals surface area contributed by atoms with Crippen molar-refractivity contribution in [2.75, 3.05) is 6.61 Å². The first kappa shape index (κ1) is 24.3. The molecule has 0 amide bonds. The molecule has 0 saturated heterocycles. The summed E-state index contributed by atoms with van der Waals surface area (Å²) < 4.78 is 6.54. The first-order chi connectivity index (χ1) is 12.1. The number of imidazole rings is 1. The van der Waals surface area contributed by atoms with Crippen LogP contribution in [0.25, 0.3) is 0 Å². The molecule has 1 N–H and O–H groups in total. The molecule has 26 heavy (non-hydrogen) atoms. The molecule has 0 aliphatic carbocycles. The maximum absolute atomic E-state index is 11.7. The number of aromatic amines is 1. The predicted molar refractivity (Wildman–Crippen MR) is 97.5 cm³/mol. The summed E-state index contributed by atoms with van der Waals surface area (Å²) in [6.07, 6.45) is 9.16. The van der Waals surface area contributed by atoms with E-state index in [2.05, 4.69) is 11.9 Å². The number of hydrogen-bond acceptors (Lipinski definition) is 3. The Bertz CT molecular complexity index is 631. The second-order valence-electron chi connectivity index (χ2n) is 5.48. The van der Waals surface area contributed by atoms with Gasteiger partial charge in [0.2, 0.25) is 12.1 Å². The SMILES string of the molecule is CCCCCC(=O)OCC.O=C(C[n+]1cc[nH]c1)c1ccc(Cl)cc1.[Br-]. The van der Waals surface area contributed by atoms with Crippen molar-refractivity contribution in [2.24, 2.45) is 0 Å². The van der Waals surface area contributed by atoms with E-state index in [0.29, 0.717) is 30.2 Å². The van der Waals surface area contributed by atoms with Gasteiger partial charge in [0.25, 0.3) is 0 Å². The van der Waals surface area contributed by atoms with Crippen LogP contribution >= 0.6 is 11.6 Å². The Hall–Kier alpha value is -1.66. The molecule has 5 nitrogen and oxygen atoms in total. The summed E-state index contributed by atoms with van der Waals surface area (Å²) in [4.78, 5) is 25.3. The number of halogens is 2. The van der Waals surface area contributed by atoms with Crippen molar-refractivity contribution >= 4 is 23.4 Å². The van der Waals surface area contributed by atoms with E-state index in [0.717, 1.165) is 19.3 Å². The predicted octanol–water partition coefficient (Wildman–Crippen LogP) is 0.972. The normalized spacial score (nSPS) is 9.50. The van der Waals surface area contributed by atoms with Gasteiger partial charge in [-0.05, 0) is 37.6 Å². The molecule has 0 radical (unpaired) electrons. The van der Waals surface area contributed by atoms with Gasteiger partial charge in [0.1, 0.15) is 12.4 Å². The van der Waals surface area contributed by atoms with E-state index >= 15 is 0 Å². The molecule has 0 unspecified atom stereocenters. The van der Waals surface area contributed by atoms with Crippen molar-refractivity contribution in [1.29, 1.82) is 0 Å². The summed E-state index contributed by atoms with van der Waals surface area (Å²) in [5.41, 5.74) is 0.674. The monoisotopic (exact) mass is 444 g/mol. The molecule has 0 bridgehead atoms. The quantitative estimate of drug-likeness (QED) is 0.285. The molecule has 7 heteroatoms. The third-order valence-electron chi connectivity index (χ3n) is 3.38. The van der Waals surface area contributed by atoms with Crippen LogP contribution in [-0.4, -0.2) is 23.3 Å². The Morgan fingerprint density at radius 3 is 2.38 bits per heavy atom. The van der Waals surface area contributed by atoms with Crippen molar-refractivity contribution < 1.29 is 35.9 Å². The lowest BCUT2D eigenvalue weighted by Crippen LogP contribution is -3.00. The first-order valence-electron chi connectivity index (χ1n) is 8.53. The molecule has 0 fully saturated rings. The fourth-order valence-electron chi connectivity index (χ4n) is 2.06. The van der Waals surface area contributed by atoms with E-state index in [1.54, 1.807) is 41.4 Å². The van der Waals surface area contributed by atoms with E-state index in [1.807, 2.05) is 13.1 Å². The summed E-state index contributed by atoms with van der Waals surface area (Å²) in [6.45, 7) is 4.79. The molecule has 0 aliphatic rings. The molecule has 0 atom stereocenters. The van der Waals surface area contributed by atoms with E-state index < -0.39 is 0 Å². The van der Waals surface area contributed by atoms with E-state index in [4.69, 9.17) is 16.3 Å². The van der Waals surface area contributed by atoms with Crippen LogP contribution in [0.5, 0.6) is 0 Å². The highest BCUT2D eigenvalue weighted by Gasteiger charge is 2.09. The number of H-pyrrole nitrogens is 1. The third-order valence-corrected chi connectivity index (χ3v) is 3.64. The number of rotatable bonds is 8. The molecule has 1 heterocycles. The average molecular weight is 446 g/mol. The van der Waals surface area contributed by atoms with Crippen LogP contribution in [-0.2, 0) is 16.1 Å². The van der Waals surface area contributed by atoms with E-state index in [9.17, 15) is 9.59 Å². The van der Waals surface area contributed by atoms with Gasteiger partial charge in [0, 0.05) is 17.0 Å². The van der Waals surface area contributed by atoms with Crippen LogP contribution in [0.15, 0.2) is 43.0 Å². The molecule has 1 aromatic heterocycles. The molecule has 0 spiro atoms. The van der Waals surface area contributed by atoms with Gasteiger partial charge in [-0.3, -0.25) is 14.6 Å². The lowest BCUT2D eigenvalue weighted by atomic mass is 10.1. The first-order valence-corrected chi connectivity index (χ1v) is 8.90. The minimum absolute atomic E-state index is 0. The number of carbonyl (C=O) groups is 2. The highest BCUT2D eigenvalue weighted by molar-refractivity contribution is 6.30. The van der Waals surface area contributed by atoms with Crippen molar-refractivity contribution in [3.05, 3.63) is 53.6 Å². The highest BCUT2D eigenvalue weighted by atomic mass is 79.9. The number of unbranched alkanes of at least 4 members (excludes halogenated alkanes) is 2. The van der Waals surface area contributed by atoms with Crippen LogP contribution in [0, 0.1) is 0 Å². The molecule has 1 aromatic carbocycles. The molecule has 0 aliphatic heterocycles. The van der Waals surface area contributed by atoms with E-state index in [-0.39, 0.29) is 28.7 Å². The summed E-state index contributed by atoms with van der Waals surface area (Å²) in [5.74, 6) is 0.00668. The van der Waals surface area contributed by atoms with Gasteiger partial charge in [0.15, 0.2) is 6.54 Å². The van der Waals surface area contributed by atoms with Gasteiger partial charge in [-0.2, -0.15) is 0 Å². The average Bonchev–Trinajstić information content (AvgIpc) is 3.09. The number of benzene rings is 1. The summed E-state index contributed by atoms with van der Waals surface area (Å²) >= 11 is 5.74. The maximum atomic E-state index is 11.7. The van der Waals surface area contributed by atoms with Gasteiger partial charge in [-0.25, -0.2) is 4.57 Å². The van der Waals surface area contributed by atoms with Gasteiger partial charge < -0.3 is 21.7 Å². The molecule has 2 rings (SSSR count). The van der Waals surface area contributed by atoms with Crippen molar-refractivity contribution in [3.63, 3.8) is 0 Å². The van der Waals surface area contributed by atoms with Gasteiger partial charge in [0.05, 0.1) is 6.61 Å². The number of aromatic nitrogens is 2. The molecule has 2 aromatic rings. The summed E-state index contributed by atoms with van der Waals surface area (Å²) in [6, 6.07) is 6.91. The Kier molecular flexibility index (Phi) is 13.6. The topological polar surface area (TPSA) is 63.0 Å². The largest absolute Gasteiger partial charge is 1.00 e. The fourth-order valence-corrected chi connectivity index (χ4v) is 2.19. The Balaban J connectivity index is 0.000000504. The zero-order valence-electron chi connectivity index (χ0n) is 15.2. The number of ether oxygens (including phenoxy) is 1. The second kappa shape index (κ2) is 14.5. The zero-order chi connectivity index (χ0) is 18.5. The molecule has 0 saturated carbocycles. The van der Waals surface area contributed by atoms with Crippen LogP contribution in [0.1, 0.15) is 49.9 Å². The Morgan fingerprint density at radius 2 is 1.85 bits per heavy atom. The van der Waals surface area contributed by atoms with Crippen LogP contribution in [0.4, 0.5) is 0 Å². The number of hydrogen-bond donors (Lipinski definition) is 1. The van der Waals surface area contributed by atoms with Crippen LogP contribution in [0.2, 0.25) is 5.02 Å². The number of carbonyl (C=O) groups excluding carboxylic acids is 2. The third kappa shape index (κ3) is 10.4. The van der Waals surface area contributed by atoms with Gasteiger partial charge in [-0.1, -0.05) is 31.4 Å². The van der Waals surface area contributed by atoms with Crippen molar-refractivity contribution in [3.8, 4) is 0 Å². The maximum Gasteiger partial charge on any atom is 0.305 e. The van der Waals surface area contributed by atoms with Crippen molar-refractivity contribution in [2.45, 2.75) is 46.1 Å². The number of Topliss-reactive ketones (excluding diaryl/α,β-unsaturated/α-hetero) is 1. The number of nitrogens with one attached hydrogen (secondary N) is 1. The van der Waals surface area contributed by atoms with Gasteiger partial charge >= 0.3 is 5.97 Å². The Morgan fingerprint density at radius 1 is 1.15 bits per heavy atom.